The third-order valence-electron chi connectivity index (χ3n) is 1.33. The molecule has 1 nitrogen and oxygen atoms in total. The molecule has 0 aromatic heterocycles. The van der Waals surface area contributed by atoms with Crippen LogP contribution in [0.5, 0.6) is 0 Å². The Labute approximate surface area is 58.1 Å². The van der Waals surface area contributed by atoms with Crippen LogP contribution in [0.3, 0.4) is 0 Å². The molecule has 1 heteroatoms. The van der Waals surface area contributed by atoms with E-state index in [-0.39, 0.29) is 0 Å². The first-order valence-electron chi connectivity index (χ1n) is 3.64. The summed E-state index contributed by atoms with van der Waals surface area (Å²) in [5.74, 6) is 0.705. The molecule has 0 aliphatic heterocycles. The summed E-state index contributed by atoms with van der Waals surface area (Å²) >= 11 is 0. The van der Waals surface area contributed by atoms with E-state index < -0.39 is 5.60 Å². The van der Waals surface area contributed by atoms with E-state index in [1.807, 2.05) is 13.8 Å². The molecule has 0 amide bonds. The molecule has 0 saturated heterocycles. The Morgan fingerprint density at radius 1 is 1.33 bits per heavy atom. The summed E-state index contributed by atoms with van der Waals surface area (Å²) in [5.41, 5.74) is -0.468. The largest absolute Gasteiger partial charge is 0.390 e. The SMILES string of the molecule is CC(C)CCC(C)(C)O. The number of aliphatic hydroxyl groups is 1. The molecular formula is C8H18O. The van der Waals surface area contributed by atoms with Gasteiger partial charge in [-0.2, -0.15) is 0 Å². The zero-order chi connectivity index (χ0) is 7.49. The summed E-state index contributed by atoms with van der Waals surface area (Å²) in [4.78, 5) is 0. The zero-order valence-corrected chi connectivity index (χ0v) is 6.94. The van der Waals surface area contributed by atoms with Gasteiger partial charge >= 0.3 is 0 Å². The van der Waals surface area contributed by atoms with E-state index in [1.54, 1.807) is 0 Å². The van der Waals surface area contributed by atoms with Crippen LogP contribution in [0.4, 0.5) is 0 Å². The maximum atomic E-state index is 9.27. The predicted molar refractivity (Wildman–Crippen MR) is 40.4 cm³/mol. The third kappa shape index (κ3) is 7.96. The second-order valence-corrected chi connectivity index (χ2v) is 3.74. The molecule has 56 valence electrons. The summed E-state index contributed by atoms with van der Waals surface area (Å²) in [6, 6.07) is 0. The fourth-order valence-electron chi connectivity index (χ4n) is 0.642. The van der Waals surface area contributed by atoms with Crippen molar-refractivity contribution in [3.63, 3.8) is 0 Å². The van der Waals surface area contributed by atoms with Crippen LogP contribution in [-0.2, 0) is 0 Å². The lowest BCUT2D eigenvalue weighted by molar-refractivity contribution is 0.0650. The van der Waals surface area contributed by atoms with Crippen LogP contribution in [0.1, 0.15) is 40.5 Å². The molecule has 0 heterocycles. The van der Waals surface area contributed by atoms with E-state index in [0.29, 0.717) is 5.92 Å². The van der Waals surface area contributed by atoms with Gasteiger partial charge in [0.15, 0.2) is 0 Å². The fraction of sp³-hybridized carbons (Fsp3) is 1.00. The van der Waals surface area contributed by atoms with Gasteiger partial charge in [0.2, 0.25) is 0 Å². The van der Waals surface area contributed by atoms with Crippen LogP contribution < -0.4 is 0 Å². The van der Waals surface area contributed by atoms with Gasteiger partial charge in [-0.1, -0.05) is 13.8 Å². The highest BCUT2D eigenvalue weighted by Crippen LogP contribution is 2.14. The lowest BCUT2D eigenvalue weighted by Gasteiger charge is -2.17. The topological polar surface area (TPSA) is 20.2 Å². The fourth-order valence-corrected chi connectivity index (χ4v) is 0.642. The highest BCUT2D eigenvalue weighted by molar-refractivity contribution is 4.65. The molecule has 0 aromatic rings. The molecular weight excluding hydrogens is 112 g/mol. The van der Waals surface area contributed by atoms with Crippen LogP contribution in [-0.4, -0.2) is 10.7 Å². The van der Waals surface area contributed by atoms with Crippen molar-refractivity contribution in [3.05, 3.63) is 0 Å². The van der Waals surface area contributed by atoms with Gasteiger partial charge < -0.3 is 5.11 Å². The number of hydrogen-bond donors (Lipinski definition) is 1. The van der Waals surface area contributed by atoms with E-state index >= 15 is 0 Å². The highest BCUT2D eigenvalue weighted by Gasteiger charge is 2.11. The second kappa shape index (κ2) is 3.21. The minimum atomic E-state index is -0.468. The first-order chi connectivity index (χ1) is 3.92. The van der Waals surface area contributed by atoms with Crippen LogP contribution in [0.25, 0.3) is 0 Å². The maximum absolute atomic E-state index is 9.27. The normalized spacial score (nSPS) is 12.7. The van der Waals surface area contributed by atoms with Crippen molar-refractivity contribution in [1.82, 2.24) is 0 Å². The summed E-state index contributed by atoms with van der Waals surface area (Å²) in [6.07, 6.45) is 2.02. The molecule has 0 aliphatic carbocycles. The highest BCUT2D eigenvalue weighted by atomic mass is 16.3. The summed E-state index contributed by atoms with van der Waals surface area (Å²) in [7, 11) is 0. The Kier molecular flexibility index (Phi) is 3.20. The molecule has 0 bridgehead atoms. The van der Waals surface area contributed by atoms with Crippen LogP contribution in [0, 0.1) is 5.92 Å². The van der Waals surface area contributed by atoms with Crippen LogP contribution in [0.15, 0.2) is 0 Å². The molecule has 0 aromatic carbocycles. The van der Waals surface area contributed by atoms with Crippen molar-refractivity contribution in [1.29, 1.82) is 0 Å². The van der Waals surface area contributed by atoms with Crippen molar-refractivity contribution in [2.45, 2.75) is 46.1 Å². The van der Waals surface area contributed by atoms with Gasteiger partial charge in [-0.05, 0) is 32.6 Å². The monoisotopic (exact) mass is 130 g/mol. The number of rotatable bonds is 3. The third-order valence-corrected chi connectivity index (χ3v) is 1.33. The summed E-state index contributed by atoms with van der Waals surface area (Å²) in [5, 5.41) is 9.27. The van der Waals surface area contributed by atoms with Crippen molar-refractivity contribution in [3.8, 4) is 0 Å². The molecule has 0 fully saturated rings. The Balaban J connectivity index is 3.28. The molecule has 0 radical (unpaired) electrons. The predicted octanol–water partition coefficient (Wildman–Crippen LogP) is 2.19. The molecule has 0 rings (SSSR count). The summed E-state index contributed by atoms with van der Waals surface area (Å²) < 4.78 is 0. The maximum Gasteiger partial charge on any atom is 0.0591 e. The lowest BCUT2D eigenvalue weighted by atomic mass is 9.97. The first kappa shape index (κ1) is 8.96. The van der Waals surface area contributed by atoms with Gasteiger partial charge in [-0.3, -0.25) is 0 Å². The number of hydrogen-bond acceptors (Lipinski definition) is 1. The van der Waals surface area contributed by atoms with Gasteiger partial charge in [0.1, 0.15) is 0 Å². The quantitative estimate of drug-likeness (QED) is 0.621. The average Bonchev–Trinajstić information content (AvgIpc) is 1.59. The smallest absolute Gasteiger partial charge is 0.0591 e. The Morgan fingerprint density at radius 3 is 1.89 bits per heavy atom. The molecule has 1 N–H and O–H groups in total. The first-order valence-corrected chi connectivity index (χ1v) is 3.64. The lowest BCUT2D eigenvalue weighted by Crippen LogP contribution is -2.18. The van der Waals surface area contributed by atoms with Crippen LogP contribution >= 0.6 is 0 Å². The van der Waals surface area contributed by atoms with Gasteiger partial charge in [-0.15, -0.1) is 0 Å². The van der Waals surface area contributed by atoms with Crippen molar-refractivity contribution >= 4 is 0 Å². The minimum Gasteiger partial charge on any atom is -0.390 e. The molecule has 0 aliphatic rings. The Bertz CT molecular complexity index is 69.1. The average molecular weight is 130 g/mol. The van der Waals surface area contributed by atoms with E-state index in [4.69, 9.17) is 0 Å². The van der Waals surface area contributed by atoms with Crippen molar-refractivity contribution in [2.75, 3.05) is 0 Å². The Morgan fingerprint density at radius 2 is 1.78 bits per heavy atom. The van der Waals surface area contributed by atoms with Gasteiger partial charge in [0.25, 0.3) is 0 Å². The zero-order valence-electron chi connectivity index (χ0n) is 6.94. The minimum absolute atomic E-state index is 0.468. The molecule has 0 atom stereocenters. The van der Waals surface area contributed by atoms with Crippen molar-refractivity contribution in [2.24, 2.45) is 5.92 Å². The molecule has 0 spiro atoms. The van der Waals surface area contributed by atoms with Crippen LogP contribution in [0.2, 0.25) is 0 Å². The summed E-state index contributed by atoms with van der Waals surface area (Å²) in [6.45, 7) is 8.06. The Hall–Kier alpha value is -0.0400. The van der Waals surface area contributed by atoms with E-state index in [0.717, 1.165) is 12.8 Å². The standard InChI is InChI=1S/C8H18O/c1-7(2)5-6-8(3,4)9/h7,9H,5-6H2,1-4H3. The van der Waals surface area contributed by atoms with E-state index in [9.17, 15) is 5.11 Å². The molecule has 0 unspecified atom stereocenters. The van der Waals surface area contributed by atoms with E-state index in [1.165, 1.54) is 0 Å². The van der Waals surface area contributed by atoms with Gasteiger partial charge in [-0.25, -0.2) is 0 Å². The molecule has 9 heavy (non-hydrogen) atoms. The van der Waals surface area contributed by atoms with E-state index in [2.05, 4.69) is 13.8 Å². The van der Waals surface area contributed by atoms with Gasteiger partial charge in [0, 0.05) is 0 Å². The van der Waals surface area contributed by atoms with Crippen molar-refractivity contribution < 1.29 is 5.11 Å². The van der Waals surface area contributed by atoms with Gasteiger partial charge in [0.05, 0.1) is 5.60 Å². The second-order valence-electron chi connectivity index (χ2n) is 3.74. The molecule has 0 saturated carbocycles.